The van der Waals surface area contributed by atoms with Crippen molar-refractivity contribution < 1.29 is 4.42 Å². The Labute approximate surface area is 310 Å². The van der Waals surface area contributed by atoms with E-state index in [9.17, 15) is 0 Å². The van der Waals surface area contributed by atoms with Gasteiger partial charge in [0.05, 0.1) is 10.4 Å². The first-order chi connectivity index (χ1) is 26.2. The monoisotopic (exact) mass is 693 g/mol. The number of thiophene rings is 1. The maximum atomic E-state index is 6.17. The highest BCUT2D eigenvalue weighted by molar-refractivity contribution is 7.26. The molecule has 0 aliphatic rings. The fourth-order valence-corrected chi connectivity index (χ4v) is 9.26. The lowest BCUT2D eigenvalue weighted by atomic mass is 9.98. The Balaban J connectivity index is 1.03. The van der Waals surface area contributed by atoms with E-state index in [0.29, 0.717) is 0 Å². The van der Waals surface area contributed by atoms with Crippen molar-refractivity contribution in [3.63, 3.8) is 0 Å². The van der Waals surface area contributed by atoms with Gasteiger partial charge in [0.2, 0.25) is 0 Å². The van der Waals surface area contributed by atoms with Gasteiger partial charge in [-0.25, -0.2) is 0 Å². The standard InChI is InChI=1S/C50H31NOS/c1-2-11-40-33(9-1)10-7-14-41(40)34-23-27-39(28-24-34)51(46-16-8-15-44-43-13-4-6-18-49(43)53-50(44)46)38-25-21-32(22-26-38)35-19-20-36-31-48-45(30-37(36)29-35)42-12-3-5-17-47(42)52-48/h1-31H. The van der Waals surface area contributed by atoms with Gasteiger partial charge in [-0.1, -0.05) is 127 Å². The first kappa shape index (κ1) is 30.0. The number of para-hydroxylation sites is 1. The smallest absolute Gasteiger partial charge is 0.136 e. The summed E-state index contributed by atoms with van der Waals surface area (Å²) in [6, 6.07) is 68.1. The number of rotatable bonds is 5. The molecule has 53 heavy (non-hydrogen) atoms. The fourth-order valence-electron chi connectivity index (χ4n) is 8.05. The van der Waals surface area contributed by atoms with E-state index in [1.54, 1.807) is 0 Å². The van der Waals surface area contributed by atoms with Crippen molar-refractivity contribution in [2.24, 2.45) is 0 Å². The molecule has 0 aliphatic heterocycles. The molecular formula is C50H31NOS. The molecule has 248 valence electrons. The summed E-state index contributed by atoms with van der Waals surface area (Å²) >= 11 is 1.86. The Bertz CT molecular complexity index is 3160. The summed E-state index contributed by atoms with van der Waals surface area (Å²) in [6.45, 7) is 0. The number of fused-ring (bicyclic) bond motifs is 8. The Hall–Kier alpha value is -6.68. The minimum absolute atomic E-state index is 0.924. The highest BCUT2D eigenvalue weighted by atomic mass is 32.1. The SMILES string of the molecule is c1ccc2c(-c3ccc(N(c4ccc(-c5ccc6cc7oc8ccccc8c7cc6c5)cc4)c4cccc5c4sc4ccccc45)cc3)cccc2c1. The van der Waals surface area contributed by atoms with Crippen molar-refractivity contribution in [2.75, 3.05) is 4.90 Å². The second-order valence-corrected chi connectivity index (χ2v) is 14.8. The van der Waals surface area contributed by atoms with Crippen LogP contribution < -0.4 is 4.90 Å². The number of furan rings is 1. The van der Waals surface area contributed by atoms with Crippen LogP contribution in [0.25, 0.3) is 85.9 Å². The maximum Gasteiger partial charge on any atom is 0.136 e. The van der Waals surface area contributed by atoms with Crippen molar-refractivity contribution in [3.8, 4) is 22.3 Å². The van der Waals surface area contributed by atoms with E-state index in [1.165, 1.54) is 69.7 Å². The van der Waals surface area contributed by atoms with E-state index < -0.39 is 0 Å². The third-order valence-electron chi connectivity index (χ3n) is 10.6. The molecule has 0 bridgehead atoms. The van der Waals surface area contributed by atoms with Gasteiger partial charge in [0, 0.05) is 37.6 Å². The number of nitrogens with zero attached hydrogens (tertiary/aromatic N) is 1. The lowest BCUT2D eigenvalue weighted by molar-refractivity contribution is 0.669. The molecule has 0 aliphatic carbocycles. The van der Waals surface area contributed by atoms with Crippen LogP contribution in [-0.4, -0.2) is 0 Å². The van der Waals surface area contributed by atoms with E-state index in [4.69, 9.17) is 4.42 Å². The zero-order chi connectivity index (χ0) is 34.9. The van der Waals surface area contributed by atoms with E-state index in [2.05, 4.69) is 181 Å². The van der Waals surface area contributed by atoms with Crippen LogP contribution in [0.3, 0.4) is 0 Å². The highest BCUT2D eigenvalue weighted by Gasteiger charge is 2.19. The molecule has 0 amide bonds. The zero-order valence-corrected chi connectivity index (χ0v) is 29.5. The Kier molecular flexibility index (Phi) is 6.76. The molecule has 2 nitrogen and oxygen atoms in total. The molecule has 9 aromatic carbocycles. The normalized spacial score (nSPS) is 11.8. The number of benzene rings is 9. The lowest BCUT2D eigenvalue weighted by Gasteiger charge is -2.26. The minimum atomic E-state index is 0.924. The lowest BCUT2D eigenvalue weighted by Crippen LogP contribution is -2.10. The summed E-state index contributed by atoms with van der Waals surface area (Å²) in [6.07, 6.45) is 0. The molecule has 2 heterocycles. The minimum Gasteiger partial charge on any atom is -0.456 e. The third-order valence-corrected chi connectivity index (χ3v) is 11.9. The first-order valence-electron chi connectivity index (χ1n) is 18.0. The second kappa shape index (κ2) is 11.9. The first-order valence-corrected chi connectivity index (χ1v) is 18.8. The van der Waals surface area contributed by atoms with Crippen LogP contribution in [0.15, 0.2) is 192 Å². The average Bonchev–Trinajstić information content (AvgIpc) is 3.79. The molecule has 11 rings (SSSR count). The topological polar surface area (TPSA) is 16.4 Å². The van der Waals surface area contributed by atoms with Gasteiger partial charge in [-0.2, -0.15) is 0 Å². The van der Waals surface area contributed by atoms with Crippen LogP contribution >= 0.6 is 11.3 Å². The molecule has 0 spiro atoms. The number of hydrogen-bond donors (Lipinski definition) is 0. The van der Waals surface area contributed by atoms with Crippen molar-refractivity contribution in [2.45, 2.75) is 0 Å². The molecule has 2 aromatic heterocycles. The predicted molar refractivity (Wildman–Crippen MR) is 227 cm³/mol. The molecule has 0 saturated carbocycles. The van der Waals surface area contributed by atoms with E-state index in [-0.39, 0.29) is 0 Å². The number of anilines is 3. The van der Waals surface area contributed by atoms with Gasteiger partial charge >= 0.3 is 0 Å². The van der Waals surface area contributed by atoms with Crippen LogP contribution in [0.1, 0.15) is 0 Å². The zero-order valence-electron chi connectivity index (χ0n) is 28.7. The van der Waals surface area contributed by atoms with Crippen LogP contribution in [0.2, 0.25) is 0 Å². The molecular weight excluding hydrogens is 663 g/mol. The Morgan fingerprint density at radius 3 is 1.89 bits per heavy atom. The van der Waals surface area contributed by atoms with Gasteiger partial charge in [-0.05, 0) is 104 Å². The molecule has 0 fully saturated rings. The molecule has 0 radical (unpaired) electrons. The summed E-state index contributed by atoms with van der Waals surface area (Å²) in [7, 11) is 0. The maximum absolute atomic E-state index is 6.17. The van der Waals surface area contributed by atoms with Gasteiger partial charge in [0.15, 0.2) is 0 Å². The van der Waals surface area contributed by atoms with Crippen molar-refractivity contribution in [3.05, 3.63) is 188 Å². The van der Waals surface area contributed by atoms with E-state index in [1.807, 2.05) is 23.5 Å². The largest absolute Gasteiger partial charge is 0.456 e. The molecule has 0 saturated heterocycles. The van der Waals surface area contributed by atoms with Crippen molar-refractivity contribution in [1.29, 1.82) is 0 Å². The quantitative estimate of drug-likeness (QED) is 0.178. The van der Waals surface area contributed by atoms with E-state index >= 15 is 0 Å². The van der Waals surface area contributed by atoms with Gasteiger partial charge < -0.3 is 9.32 Å². The molecule has 0 N–H and O–H groups in total. The third kappa shape index (κ3) is 4.93. The van der Waals surface area contributed by atoms with Gasteiger partial charge in [-0.3, -0.25) is 0 Å². The molecule has 11 aromatic rings. The summed E-state index contributed by atoms with van der Waals surface area (Å²) in [5, 5.41) is 9.78. The number of hydrogen-bond acceptors (Lipinski definition) is 3. The van der Waals surface area contributed by atoms with Crippen molar-refractivity contribution >= 4 is 92.1 Å². The summed E-state index contributed by atoms with van der Waals surface area (Å²) in [5.74, 6) is 0. The molecule has 0 atom stereocenters. The summed E-state index contributed by atoms with van der Waals surface area (Å²) in [5.41, 5.74) is 10.1. The van der Waals surface area contributed by atoms with Gasteiger partial charge in [0.25, 0.3) is 0 Å². The molecule has 0 unspecified atom stereocenters. The highest BCUT2D eigenvalue weighted by Crippen LogP contribution is 2.45. The molecule has 3 heteroatoms. The average molecular weight is 694 g/mol. The van der Waals surface area contributed by atoms with E-state index in [0.717, 1.165) is 33.3 Å². The van der Waals surface area contributed by atoms with Gasteiger partial charge in [-0.15, -0.1) is 11.3 Å². The summed E-state index contributed by atoms with van der Waals surface area (Å²) in [4.78, 5) is 2.41. The van der Waals surface area contributed by atoms with Crippen LogP contribution in [0.5, 0.6) is 0 Å². The van der Waals surface area contributed by atoms with Crippen molar-refractivity contribution in [1.82, 2.24) is 0 Å². The second-order valence-electron chi connectivity index (χ2n) is 13.7. The predicted octanol–water partition coefficient (Wildman–Crippen LogP) is 15.1. The van der Waals surface area contributed by atoms with Crippen LogP contribution in [0.4, 0.5) is 17.1 Å². The fraction of sp³-hybridized carbons (Fsp3) is 0. The van der Waals surface area contributed by atoms with Crippen LogP contribution in [0, 0.1) is 0 Å². The Morgan fingerprint density at radius 1 is 0.377 bits per heavy atom. The summed E-state index contributed by atoms with van der Waals surface area (Å²) < 4.78 is 8.75. The van der Waals surface area contributed by atoms with Gasteiger partial charge in [0.1, 0.15) is 11.2 Å². The van der Waals surface area contributed by atoms with Crippen LogP contribution in [-0.2, 0) is 0 Å². The Morgan fingerprint density at radius 2 is 1.04 bits per heavy atom.